The van der Waals surface area contributed by atoms with E-state index in [2.05, 4.69) is 30.9 Å². The number of para-hydroxylation sites is 1. The second-order valence-corrected chi connectivity index (χ2v) is 7.17. The van der Waals surface area contributed by atoms with Gasteiger partial charge in [-0.2, -0.15) is 9.78 Å². The Bertz CT molecular complexity index is 1430. The number of amides is 1. The highest BCUT2D eigenvalue weighted by Crippen LogP contribution is 2.25. The standard InChI is InChI=1S/C23H17FN8O/c1-15-27-29-30-32(15)18-9-10-20(24)21(12-18)26-23(33)19-14-31(17-7-3-2-4-8-17)28-22(19)16-6-5-11-25-13-16/h2-14H,1H3,(H,26,33). The molecule has 0 spiro atoms. The first-order valence-corrected chi connectivity index (χ1v) is 10.0. The lowest BCUT2D eigenvalue weighted by Crippen LogP contribution is -2.14. The van der Waals surface area contributed by atoms with Crippen molar-refractivity contribution >= 4 is 11.6 Å². The number of nitrogens with zero attached hydrogens (tertiary/aromatic N) is 7. The van der Waals surface area contributed by atoms with Gasteiger partial charge in [-0.3, -0.25) is 9.78 Å². The lowest BCUT2D eigenvalue weighted by molar-refractivity contribution is 0.102. The molecule has 0 aliphatic heterocycles. The summed E-state index contributed by atoms with van der Waals surface area (Å²) in [6.07, 6.45) is 4.87. The van der Waals surface area contributed by atoms with Crippen LogP contribution in [-0.2, 0) is 0 Å². The Kier molecular flexibility index (Phi) is 5.15. The number of nitrogens with one attached hydrogen (secondary N) is 1. The molecular weight excluding hydrogens is 423 g/mol. The van der Waals surface area contributed by atoms with Gasteiger partial charge in [-0.05, 0) is 59.8 Å². The number of halogens is 1. The van der Waals surface area contributed by atoms with Crippen LogP contribution in [0, 0.1) is 12.7 Å². The summed E-state index contributed by atoms with van der Waals surface area (Å²) in [5.74, 6) is -0.571. The highest BCUT2D eigenvalue weighted by molar-refractivity contribution is 6.08. The zero-order valence-corrected chi connectivity index (χ0v) is 17.4. The van der Waals surface area contributed by atoms with Crippen LogP contribution >= 0.6 is 0 Å². The van der Waals surface area contributed by atoms with E-state index in [0.717, 1.165) is 5.69 Å². The highest BCUT2D eigenvalue weighted by atomic mass is 19.1. The van der Waals surface area contributed by atoms with Gasteiger partial charge >= 0.3 is 0 Å². The van der Waals surface area contributed by atoms with Crippen LogP contribution in [0.4, 0.5) is 10.1 Å². The summed E-state index contributed by atoms with van der Waals surface area (Å²) in [7, 11) is 0. The van der Waals surface area contributed by atoms with Crippen molar-refractivity contribution in [3.8, 4) is 22.6 Å². The van der Waals surface area contributed by atoms with E-state index in [1.165, 1.54) is 22.9 Å². The van der Waals surface area contributed by atoms with E-state index >= 15 is 0 Å². The number of anilines is 1. The van der Waals surface area contributed by atoms with E-state index in [9.17, 15) is 9.18 Å². The molecule has 0 bridgehead atoms. The third-order valence-electron chi connectivity index (χ3n) is 4.98. The number of pyridine rings is 1. The van der Waals surface area contributed by atoms with Gasteiger partial charge in [-0.25, -0.2) is 9.07 Å². The van der Waals surface area contributed by atoms with Crippen molar-refractivity contribution in [2.24, 2.45) is 0 Å². The minimum absolute atomic E-state index is 0.00278. The molecule has 1 N–H and O–H groups in total. The second-order valence-electron chi connectivity index (χ2n) is 7.17. The Balaban J connectivity index is 1.54. The summed E-state index contributed by atoms with van der Waals surface area (Å²) < 4.78 is 17.6. The van der Waals surface area contributed by atoms with Crippen molar-refractivity contribution < 1.29 is 9.18 Å². The maximum atomic E-state index is 14.6. The maximum absolute atomic E-state index is 14.6. The number of tetrazole rings is 1. The molecule has 10 heteroatoms. The van der Waals surface area contributed by atoms with Crippen molar-refractivity contribution in [3.63, 3.8) is 0 Å². The topological polar surface area (TPSA) is 103 Å². The van der Waals surface area contributed by atoms with Gasteiger partial charge in [-0.15, -0.1) is 5.10 Å². The second kappa shape index (κ2) is 8.42. The summed E-state index contributed by atoms with van der Waals surface area (Å²) in [6.45, 7) is 1.72. The van der Waals surface area contributed by atoms with Crippen LogP contribution in [0.2, 0.25) is 0 Å². The van der Waals surface area contributed by atoms with Gasteiger partial charge in [0.15, 0.2) is 5.82 Å². The van der Waals surface area contributed by atoms with Crippen LogP contribution in [0.3, 0.4) is 0 Å². The SMILES string of the molecule is Cc1nnnn1-c1ccc(F)c(NC(=O)c2cn(-c3ccccc3)nc2-c2cccnc2)c1. The molecule has 0 saturated carbocycles. The molecule has 0 unspecified atom stereocenters. The average molecular weight is 440 g/mol. The number of rotatable bonds is 5. The van der Waals surface area contributed by atoms with E-state index in [1.807, 2.05) is 36.4 Å². The van der Waals surface area contributed by atoms with Crippen LogP contribution < -0.4 is 5.32 Å². The number of carbonyl (C=O) groups excluding carboxylic acids is 1. The monoisotopic (exact) mass is 440 g/mol. The van der Waals surface area contributed by atoms with Crippen molar-refractivity contribution in [1.29, 1.82) is 0 Å². The van der Waals surface area contributed by atoms with Crippen LogP contribution in [0.15, 0.2) is 79.3 Å². The third kappa shape index (κ3) is 3.97. The summed E-state index contributed by atoms with van der Waals surface area (Å²) in [6, 6.07) is 17.2. The van der Waals surface area contributed by atoms with E-state index in [0.29, 0.717) is 22.8 Å². The number of aryl methyl sites for hydroxylation is 1. The van der Waals surface area contributed by atoms with Gasteiger partial charge in [0.2, 0.25) is 0 Å². The number of aromatic nitrogens is 7. The zero-order valence-electron chi connectivity index (χ0n) is 17.4. The van der Waals surface area contributed by atoms with Crippen molar-refractivity contribution in [3.05, 3.63) is 96.5 Å². The minimum atomic E-state index is -0.587. The summed E-state index contributed by atoms with van der Waals surface area (Å²) in [4.78, 5) is 17.4. The maximum Gasteiger partial charge on any atom is 0.259 e. The molecule has 9 nitrogen and oxygen atoms in total. The number of hydrogen-bond acceptors (Lipinski definition) is 6. The van der Waals surface area contributed by atoms with Crippen LogP contribution in [-0.4, -0.2) is 40.9 Å². The normalized spacial score (nSPS) is 10.8. The molecule has 0 aliphatic rings. The lowest BCUT2D eigenvalue weighted by atomic mass is 10.1. The molecule has 3 aromatic heterocycles. The molecule has 0 radical (unpaired) electrons. The fraction of sp³-hybridized carbons (Fsp3) is 0.0435. The van der Waals surface area contributed by atoms with E-state index in [-0.39, 0.29) is 11.3 Å². The Morgan fingerprint density at radius 2 is 1.88 bits per heavy atom. The van der Waals surface area contributed by atoms with E-state index in [1.54, 1.807) is 36.3 Å². The first-order valence-electron chi connectivity index (χ1n) is 10.0. The molecule has 0 aliphatic carbocycles. The molecule has 5 aromatic rings. The first-order chi connectivity index (χ1) is 16.1. The van der Waals surface area contributed by atoms with E-state index < -0.39 is 11.7 Å². The van der Waals surface area contributed by atoms with Crippen LogP contribution in [0.25, 0.3) is 22.6 Å². The molecule has 2 aromatic carbocycles. The molecular formula is C23H17FN8O. The minimum Gasteiger partial charge on any atom is -0.319 e. The predicted octanol–water partition coefficient (Wildman–Crippen LogP) is 3.61. The number of carbonyl (C=O) groups is 1. The first kappa shape index (κ1) is 20.2. The van der Waals surface area contributed by atoms with Gasteiger partial charge in [0.05, 0.1) is 22.6 Å². The average Bonchev–Trinajstić information content (AvgIpc) is 3.48. The summed E-state index contributed by atoms with van der Waals surface area (Å²) in [5.41, 5.74) is 2.66. The lowest BCUT2D eigenvalue weighted by Gasteiger charge is -2.09. The fourth-order valence-corrected chi connectivity index (χ4v) is 3.37. The molecule has 3 heterocycles. The van der Waals surface area contributed by atoms with Gasteiger partial charge in [0, 0.05) is 24.2 Å². The predicted molar refractivity (Wildman–Crippen MR) is 119 cm³/mol. The largest absolute Gasteiger partial charge is 0.319 e. The Morgan fingerprint density at radius 3 is 2.61 bits per heavy atom. The van der Waals surface area contributed by atoms with Gasteiger partial charge in [0.1, 0.15) is 11.5 Å². The zero-order chi connectivity index (χ0) is 22.8. The van der Waals surface area contributed by atoms with Crippen molar-refractivity contribution in [1.82, 2.24) is 35.0 Å². The van der Waals surface area contributed by atoms with Crippen molar-refractivity contribution in [2.75, 3.05) is 5.32 Å². The molecule has 0 atom stereocenters. The summed E-state index contributed by atoms with van der Waals surface area (Å²) >= 11 is 0. The highest BCUT2D eigenvalue weighted by Gasteiger charge is 2.20. The quantitative estimate of drug-likeness (QED) is 0.448. The number of benzene rings is 2. The Morgan fingerprint density at radius 1 is 1.03 bits per heavy atom. The molecule has 162 valence electrons. The Hall–Kier alpha value is -4.73. The number of hydrogen-bond donors (Lipinski definition) is 1. The molecule has 5 rings (SSSR count). The smallest absolute Gasteiger partial charge is 0.259 e. The molecule has 0 saturated heterocycles. The van der Waals surface area contributed by atoms with E-state index in [4.69, 9.17) is 0 Å². The van der Waals surface area contributed by atoms with Gasteiger partial charge in [0.25, 0.3) is 5.91 Å². The van der Waals surface area contributed by atoms with Crippen molar-refractivity contribution in [2.45, 2.75) is 6.92 Å². The van der Waals surface area contributed by atoms with Crippen LogP contribution in [0.1, 0.15) is 16.2 Å². The van der Waals surface area contributed by atoms with Crippen LogP contribution in [0.5, 0.6) is 0 Å². The third-order valence-corrected chi connectivity index (χ3v) is 4.98. The van der Waals surface area contributed by atoms with Gasteiger partial charge < -0.3 is 5.32 Å². The van der Waals surface area contributed by atoms with Gasteiger partial charge in [-0.1, -0.05) is 18.2 Å². The summed E-state index contributed by atoms with van der Waals surface area (Å²) in [5, 5.41) is 18.6. The molecule has 1 amide bonds. The fourth-order valence-electron chi connectivity index (χ4n) is 3.37. The molecule has 0 fully saturated rings. The molecule has 33 heavy (non-hydrogen) atoms. The Labute approximate surface area is 187 Å².